The minimum Gasteiger partial charge on any atom is -0.344 e. The number of hydrogen-bond donors (Lipinski definition) is 2. The number of carbonyl (C=O) groups excluding carboxylic acids is 1. The van der Waals surface area contributed by atoms with E-state index in [0.29, 0.717) is 13.0 Å². The van der Waals surface area contributed by atoms with Crippen LogP contribution in [0.3, 0.4) is 0 Å². The van der Waals surface area contributed by atoms with E-state index in [1.54, 1.807) is 4.90 Å². The standard InChI is InChI=1S/C22H26N4O/c1-26(22(27)20(23)15-17-9-4-2-5-10-17)14-8-13-19-16-21(25-24-19)18-11-6-3-7-12-18/h2-7,9-12,16,20H,8,13-15,23H2,1H3,(H,24,25). The maximum Gasteiger partial charge on any atom is 0.239 e. The molecular weight excluding hydrogens is 336 g/mol. The molecule has 0 spiro atoms. The maximum absolute atomic E-state index is 12.5. The van der Waals surface area contributed by atoms with Gasteiger partial charge in [-0.25, -0.2) is 0 Å². The maximum atomic E-state index is 12.5. The molecule has 140 valence electrons. The van der Waals surface area contributed by atoms with Crippen LogP contribution < -0.4 is 5.73 Å². The summed E-state index contributed by atoms with van der Waals surface area (Å²) in [7, 11) is 1.82. The van der Waals surface area contributed by atoms with Gasteiger partial charge in [-0.3, -0.25) is 9.89 Å². The minimum absolute atomic E-state index is 0.0200. The highest BCUT2D eigenvalue weighted by Gasteiger charge is 2.18. The SMILES string of the molecule is CN(CCCc1cc(-c2ccccc2)n[nH]1)C(=O)C(N)Cc1ccccc1. The molecule has 0 saturated carbocycles. The van der Waals surface area contributed by atoms with Gasteiger partial charge in [0.25, 0.3) is 0 Å². The van der Waals surface area contributed by atoms with Gasteiger partial charge in [-0.1, -0.05) is 60.7 Å². The summed E-state index contributed by atoms with van der Waals surface area (Å²) in [5.74, 6) is -0.0200. The van der Waals surface area contributed by atoms with Crippen LogP contribution in [0.5, 0.6) is 0 Å². The summed E-state index contributed by atoms with van der Waals surface area (Å²) >= 11 is 0. The average molecular weight is 362 g/mol. The summed E-state index contributed by atoms with van der Waals surface area (Å²) in [4.78, 5) is 14.2. The molecule has 3 rings (SSSR count). The third-order valence-corrected chi connectivity index (χ3v) is 4.63. The van der Waals surface area contributed by atoms with E-state index in [-0.39, 0.29) is 5.91 Å². The van der Waals surface area contributed by atoms with Crippen molar-refractivity contribution in [2.75, 3.05) is 13.6 Å². The van der Waals surface area contributed by atoms with Crippen molar-refractivity contribution in [3.63, 3.8) is 0 Å². The summed E-state index contributed by atoms with van der Waals surface area (Å²) in [5, 5.41) is 7.45. The number of benzene rings is 2. The molecule has 0 aliphatic carbocycles. The third kappa shape index (κ3) is 5.28. The highest BCUT2D eigenvalue weighted by Crippen LogP contribution is 2.17. The Morgan fingerprint density at radius 3 is 2.48 bits per heavy atom. The molecule has 5 heteroatoms. The van der Waals surface area contributed by atoms with E-state index in [1.165, 1.54) is 0 Å². The van der Waals surface area contributed by atoms with Gasteiger partial charge in [0.1, 0.15) is 0 Å². The number of likely N-dealkylation sites (N-methyl/N-ethyl adjacent to an activating group) is 1. The number of hydrogen-bond acceptors (Lipinski definition) is 3. The Balaban J connectivity index is 1.46. The van der Waals surface area contributed by atoms with E-state index < -0.39 is 6.04 Å². The molecule has 0 bridgehead atoms. The number of rotatable bonds is 8. The molecule has 0 aliphatic rings. The highest BCUT2D eigenvalue weighted by atomic mass is 16.2. The van der Waals surface area contributed by atoms with Gasteiger partial charge >= 0.3 is 0 Å². The van der Waals surface area contributed by atoms with Crippen LogP contribution in [0.4, 0.5) is 0 Å². The Morgan fingerprint density at radius 1 is 1.11 bits per heavy atom. The van der Waals surface area contributed by atoms with Crippen LogP contribution in [-0.4, -0.2) is 40.6 Å². The summed E-state index contributed by atoms with van der Waals surface area (Å²) in [6.45, 7) is 0.668. The number of nitrogens with two attached hydrogens (primary N) is 1. The number of nitrogens with one attached hydrogen (secondary N) is 1. The zero-order valence-corrected chi connectivity index (χ0v) is 15.6. The monoisotopic (exact) mass is 362 g/mol. The number of aryl methyl sites for hydroxylation is 1. The Labute approximate surface area is 160 Å². The van der Waals surface area contributed by atoms with E-state index in [4.69, 9.17) is 5.73 Å². The Morgan fingerprint density at radius 2 is 1.78 bits per heavy atom. The highest BCUT2D eigenvalue weighted by molar-refractivity contribution is 5.81. The predicted molar refractivity (Wildman–Crippen MR) is 108 cm³/mol. The fourth-order valence-electron chi connectivity index (χ4n) is 3.10. The lowest BCUT2D eigenvalue weighted by Gasteiger charge is -2.21. The number of carbonyl (C=O) groups is 1. The largest absolute Gasteiger partial charge is 0.344 e. The number of amides is 1. The second kappa shape index (κ2) is 9.14. The smallest absolute Gasteiger partial charge is 0.239 e. The normalized spacial score (nSPS) is 11.9. The predicted octanol–water partition coefficient (Wildman–Crippen LogP) is 3.04. The molecule has 0 radical (unpaired) electrons. The van der Waals surface area contributed by atoms with E-state index in [9.17, 15) is 4.79 Å². The quantitative estimate of drug-likeness (QED) is 0.647. The first-order chi connectivity index (χ1) is 13.1. The lowest BCUT2D eigenvalue weighted by atomic mass is 10.1. The fourth-order valence-corrected chi connectivity index (χ4v) is 3.10. The first-order valence-corrected chi connectivity index (χ1v) is 9.27. The van der Waals surface area contributed by atoms with E-state index in [0.717, 1.165) is 35.4 Å². The zero-order valence-electron chi connectivity index (χ0n) is 15.6. The number of aromatic amines is 1. The van der Waals surface area contributed by atoms with E-state index >= 15 is 0 Å². The molecule has 0 fully saturated rings. The van der Waals surface area contributed by atoms with Crippen LogP contribution in [-0.2, 0) is 17.6 Å². The van der Waals surface area contributed by atoms with Gasteiger partial charge in [0, 0.05) is 24.8 Å². The van der Waals surface area contributed by atoms with Gasteiger partial charge in [-0.2, -0.15) is 5.10 Å². The second-order valence-electron chi connectivity index (χ2n) is 6.80. The molecule has 27 heavy (non-hydrogen) atoms. The minimum atomic E-state index is -0.505. The van der Waals surface area contributed by atoms with Crippen molar-refractivity contribution in [3.05, 3.63) is 78.0 Å². The molecule has 1 atom stereocenters. The van der Waals surface area contributed by atoms with Crippen molar-refractivity contribution in [2.24, 2.45) is 5.73 Å². The molecule has 1 unspecified atom stereocenters. The molecule has 3 N–H and O–H groups in total. The van der Waals surface area contributed by atoms with Gasteiger partial charge in [-0.05, 0) is 30.9 Å². The third-order valence-electron chi connectivity index (χ3n) is 4.63. The summed E-state index contributed by atoms with van der Waals surface area (Å²) in [5.41, 5.74) is 10.3. The Hall–Kier alpha value is -2.92. The molecule has 0 aliphatic heterocycles. The van der Waals surface area contributed by atoms with Crippen molar-refractivity contribution < 1.29 is 4.79 Å². The fraction of sp³-hybridized carbons (Fsp3) is 0.273. The van der Waals surface area contributed by atoms with Crippen molar-refractivity contribution in [1.82, 2.24) is 15.1 Å². The molecule has 5 nitrogen and oxygen atoms in total. The van der Waals surface area contributed by atoms with E-state index in [1.807, 2.05) is 67.7 Å². The Kier molecular flexibility index (Phi) is 6.39. The summed E-state index contributed by atoms with van der Waals surface area (Å²) in [6.07, 6.45) is 2.26. The van der Waals surface area contributed by atoms with Crippen molar-refractivity contribution >= 4 is 5.91 Å². The van der Waals surface area contributed by atoms with Gasteiger partial charge in [-0.15, -0.1) is 0 Å². The van der Waals surface area contributed by atoms with Crippen LogP contribution in [0.2, 0.25) is 0 Å². The topological polar surface area (TPSA) is 75.0 Å². The van der Waals surface area contributed by atoms with Gasteiger partial charge < -0.3 is 10.6 Å². The van der Waals surface area contributed by atoms with Crippen molar-refractivity contribution in [1.29, 1.82) is 0 Å². The second-order valence-corrected chi connectivity index (χ2v) is 6.80. The van der Waals surface area contributed by atoms with Crippen LogP contribution in [0.25, 0.3) is 11.3 Å². The van der Waals surface area contributed by atoms with Crippen LogP contribution in [0, 0.1) is 0 Å². The van der Waals surface area contributed by atoms with Crippen LogP contribution in [0.1, 0.15) is 17.7 Å². The average Bonchev–Trinajstić information content (AvgIpc) is 3.17. The molecule has 1 aromatic heterocycles. The van der Waals surface area contributed by atoms with Crippen LogP contribution >= 0.6 is 0 Å². The number of nitrogens with zero attached hydrogens (tertiary/aromatic N) is 2. The summed E-state index contributed by atoms with van der Waals surface area (Å²) in [6, 6.07) is 21.5. The first-order valence-electron chi connectivity index (χ1n) is 9.27. The van der Waals surface area contributed by atoms with Crippen molar-refractivity contribution in [2.45, 2.75) is 25.3 Å². The molecule has 0 saturated heterocycles. The number of H-pyrrole nitrogens is 1. The van der Waals surface area contributed by atoms with Gasteiger partial charge in [0.2, 0.25) is 5.91 Å². The lowest BCUT2D eigenvalue weighted by molar-refractivity contribution is -0.131. The molecule has 2 aromatic carbocycles. The zero-order chi connectivity index (χ0) is 19.1. The molecular formula is C22H26N4O. The van der Waals surface area contributed by atoms with E-state index in [2.05, 4.69) is 16.3 Å². The lowest BCUT2D eigenvalue weighted by Crippen LogP contribution is -2.43. The van der Waals surface area contributed by atoms with Crippen molar-refractivity contribution in [3.8, 4) is 11.3 Å². The molecule has 1 amide bonds. The number of aromatic nitrogens is 2. The Bertz CT molecular complexity index is 845. The molecule has 3 aromatic rings. The van der Waals surface area contributed by atoms with Gasteiger partial charge in [0.15, 0.2) is 0 Å². The van der Waals surface area contributed by atoms with Gasteiger partial charge in [0.05, 0.1) is 11.7 Å². The molecule has 1 heterocycles. The first kappa shape index (κ1) is 18.9. The summed E-state index contributed by atoms with van der Waals surface area (Å²) < 4.78 is 0. The van der Waals surface area contributed by atoms with Crippen LogP contribution in [0.15, 0.2) is 66.7 Å².